The second-order valence-corrected chi connectivity index (χ2v) is 3.30. The van der Waals surface area contributed by atoms with E-state index in [1.807, 2.05) is 20.8 Å². The molecule has 4 heteroatoms. The van der Waals surface area contributed by atoms with E-state index < -0.39 is 0 Å². The van der Waals surface area contributed by atoms with Crippen LogP contribution >= 0.6 is 0 Å². The van der Waals surface area contributed by atoms with Crippen molar-refractivity contribution in [3.8, 4) is 0 Å². The van der Waals surface area contributed by atoms with Crippen LogP contribution in [0.3, 0.4) is 0 Å². The van der Waals surface area contributed by atoms with E-state index in [0.717, 1.165) is 5.56 Å². The Morgan fingerprint density at radius 2 is 2.23 bits per heavy atom. The third-order valence-corrected chi connectivity index (χ3v) is 2.02. The molecule has 72 valence electrons. The first-order valence-electron chi connectivity index (χ1n) is 4.43. The summed E-state index contributed by atoms with van der Waals surface area (Å²) in [5.41, 5.74) is 6.28. The summed E-state index contributed by atoms with van der Waals surface area (Å²) in [6.45, 7) is 6.59. The molecule has 0 saturated heterocycles. The highest BCUT2D eigenvalue weighted by molar-refractivity contribution is 5.38. The summed E-state index contributed by atoms with van der Waals surface area (Å²) in [6.07, 6.45) is 1.79. The SMILES string of the molecule is CCn1cc(C(C)C)c(N)nc1=O. The lowest BCUT2D eigenvalue weighted by Crippen LogP contribution is -2.24. The lowest BCUT2D eigenvalue weighted by molar-refractivity contribution is 0.681. The van der Waals surface area contributed by atoms with Crippen LogP contribution in [-0.4, -0.2) is 9.55 Å². The molecule has 0 saturated carbocycles. The number of nitrogen functional groups attached to an aromatic ring is 1. The first-order valence-corrected chi connectivity index (χ1v) is 4.43. The van der Waals surface area contributed by atoms with Crippen molar-refractivity contribution in [1.82, 2.24) is 9.55 Å². The summed E-state index contributed by atoms with van der Waals surface area (Å²) in [5.74, 6) is 0.649. The zero-order valence-electron chi connectivity index (χ0n) is 8.24. The molecule has 2 N–H and O–H groups in total. The van der Waals surface area contributed by atoms with Gasteiger partial charge in [0, 0.05) is 18.3 Å². The summed E-state index contributed by atoms with van der Waals surface area (Å²) < 4.78 is 1.56. The Hall–Kier alpha value is -1.32. The summed E-state index contributed by atoms with van der Waals surface area (Å²) in [7, 11) is 0. The van der Waals surface area contributed by atoms with Gasteiger partial charge in [0.15, 0.2) is 0 Å². The second-order valence-electron chi connectivity index (χ2n) is 3.30. The first-order chi connectivity index (χ1) is 6.06. The fraction of sp³-hybridized carbons (Fsp3) is 0.556. The molecule has 1 aromatic heterocycles. The molecule has 0 spiro atoms. The number of nitrogens with zero attached hydrogens (tertiary/aromatic N) is 2. The average molecular weight is 181 g/mol. The third kappa shape index (κ3) is 1.88. The van der Waals surface area contributed by atoms with E-state index in [0.29, 0.717) is 18.3 Å². The summed E-state index contributed by atoms with van der Waals surface area (Å²) in [6, 6.07) is 0. The van der Waals surface area contributed by atoms with Gasteiger partial charge in [-0.15, -0.1) is 0 Å². The van der Waals surface area contributed by atoms with Gasteiger partial charge in [-0.3, -0.25) is 4.57 Å². The van der Waals surface area contributed by atoms with Gasteiger partial charge in [-0.05, 0) is 12.8 Å². The number of aromatic nitrogens is 2. The van der Waals surface area contributed by atoms with Crippen LogP contribution in [0.4, 0.5) is 5.82 Å². The van der Waals surface area contributed by atoms with Crippen molar-refractivity contribution in [2.45, 2.75) is 33.2 Å². The van der Waals surface area contributed by atoms with Gasteiger partial charge in [0.25, 0.3) is 0 Å². The lowest BCUT2D eigenvalue weighted by atomic mass is 10.1. The number of nitrogens with two attached hydrogens (primary N) is 1. The largest absolute Gasteiger partial charge is 0.383 e. The molecule has 0 aliphatic rings. The Morgan fingerprint density at radius 3 is 2.69 bits per heavy atom. The predicted octanol–water partition coefficient (Wildman–Crippen LogP) is 0.969. The molecule has 4 nitrogen and oxygen atoms in total. The molecule has 0 amide bonds. The minimum Gasteiger partial charge on any atom is -0.383 e. The summed E-state index contributed by atoms with van der Waals surface area (Å²) in [4.78, 5) is 15.0. The Bertz CT molecular complexity index is 354. The summed E-state index contributed by atoms with van der Waals surface area (Å²) in [5, 5.41) is 0. The van der Waals surface area contributed by atoms with Crippen LogP contribution in [0, 0.1) is 0 Å². The molecule has 0 aliphatic carbocycles. The highest BCUT2D eigenvalue weighted by Crippen LogP contribution is 2.17. The third-order valence-electron chi connectivity index (χ3n) is 2.02. The standard InChI is InChI=1S/C9H15N3O/c1-4-12-5-7(6(2)3)8(10)11-9(12)13/h5-6H,4H2,1-3H3,(H2,10,11,13). The normalized spacial score (nSPS) is 10.8. The maximum absolute atomic E-state index is 11.2. The van der Waals surface area contributed by atoms with E-state index in [4.69, 9.17) is 5.73 Å². The Morgan fingerprint density at radius 1 is 1.62 bits per heavy atom. The average Bonchev–Trinajstić information content (AvgIpc) is 2.03. The summed E-state index contributed by atoms with van der Waals surface area (Å²) >= 11 is 0. The zero-order valence-corrected chi connectivity index (χ0v) is 8.24. The van der Waals surface area contributed by atoms with Gasteiger partial charge in [-0.25, -0.2) is 4.79 Å². The lowest BCUT2D eigenvalue weighted by Gasteiger charge is -2.10. The molecule has 0 aliphatic heterocycles. The van der Waals surface area contributed by atoms with Crippen molar-refractivity contribution < 1.29 is 0 Å². The van der Waals surface area contributed by atoms with Gasteiger partial charge >= 0.3 is 5.69 Å². The monoisotopic (exact) mass is 181 g/mol. The van der Waals surface area contributed by atoms with Crippen LogP contribution in [0.15, 0.2) is 11.0 Å². The Balaban J connectivity index is 3.31. The second kappa shape index (κ2) is 3.60. The van der Waals surface area contributed by atoms with Crippen molar-refractivity contribution in [3.05, 3.63) is 22.2 Å². The van der Waals surface area contributed by atoms with Gasteiger partial charge in [0.05, 0.1) is 0 Å². The highest BCUT2D eigenvalue weighted by Gasteiger charge is 2.07. The molecule has 0 fully saturated rings. The molecule has 1 rings (SSSR count). The number of aryl methyl sites for hydroxylation is 1. The fourth-order valence-corrected chi connectivity index (χ4v) is 1.19. The van der Waals surface area contributed by atoms with Crippen molar-refractivity contribution in [3.63, 3.8) is 0 Å². The van der Waals surface area contributed by atoms with E-state index >= 15 is 0 Å². The van der Waals surface area contributed by atoms with Crippen molar-refractivity contribution in [2.75, 3.05) is 5.73 Å². The molecular weight excluding hydrogens is 166 g/mol. The maximum atomic E-state index is 11.2. The maximum Gasteiger partial charge on any atom is 0.349 e. The molecule has 1 aromatic rings. The predicted molar refractivity (Wildman–Crippen MR) is 52.7 cm³/mol. The molecule has 13 heavy (non-hydrogen) atoms. The fourth-order valence-electron chi connectivity index (χ4n) is 1.19. The van der Waals surface area contributed by atoms with Crippen LogP contribution in [0.5, 0.6) is 0 Å². The first kappa shape index (κ1) is 9.77. The number of anilines is 1. The Kier molecular flexibility index (Phi) is 2.70. The van der Waals surface area contributed by atoms with Gasteiger partial charge < -0.3 is 5.73 Å². The van der Waals surface area contributed by atoms with Gasteiger partial charge in [0.2, 0.25) is 0 Å². The van der Waals surface area contributed by atoms with E-state index in [9.17, 15) is 4.79 Å². The molecule has 0 aromatic carbocycles. The highest BCUT2D eigenvalue weighted by atomic mass is 16.1. The topological polar surface area (TPSA) is 60.9 Å². The van der Waals surface area contributed by atoms with E-state index in [-0.39, 0.29) is 5.69 Å². The molecule has 0 bridgehead atoms. The zero-order chi connectivity index (χ0) is 10.0. The van der Waals surface area contributed by atoms with Gasteiger partial charge in [-0.2, -0.15) is 4.98 Å². The smallest absolute Gasteiger partial charge is 0.349 e. The number of hydrogen-bond donors (Lipinski definition) is 1. The quantitative estimate of drug-likeness (QED) is 0.739. The minimum atomic E-state index is -0.274. The minimum absolute atomic E-state index is 0.274. The molecule has 0 radical (unpaired) electrons. The molecular formula is C9H15N3O. The van der Waals surface area contributed by atoms with Crippen molar-refractivity contribution >= 4 is 5.82 Å². The van der Waals surface area contributed by atoms with Gasteiger partial charge in [0.1, 0.15) is 5.82 Å². The van der Waals surface area contributed by atoms with Crippen molar-refractivity contribution in [2.24, 2.45) is 0 Å². The molecule has 0 atom stereocenters. The van der Waals surface area contributed by atoms with Crippen LogP contribution < -0.4 is 11.4 Å². The Labute approximate surface area is 77.4 Å². The number of hydrogen-bond acceptors (Lipinski definition) is 3. The van der Waals surface area contributed by atoms with E-state index in [1.165, 1.54) is 0 Å². The van der Waals surface area contributed by atoms with E-state index in [1.54, 1.807) is 10.8 Å². The molecule has 0 unspecified atom stereocenters. The molecule has 1 heterocycles. The van der Waals surface area contributed by atoms with Crippen LogP contribution in [0.1, 0.15) is 32.3 Å². The van der Waals surface area contributed by atoms with Crippen molar-refractivity contribution in [1.29, 1.82) is 0 Å². The van der Waals surface area contributed by atoms with Crippen LogP contribution in [0.25, 0.3) is 0 Å². The number of rotatable bonds is 2. The van der Waals surface area contributed by atoms with Crippen LogP contribution in [0.2, 0.25) is 0 Å². The van der Waals surface area contributed by atoms with Crippen LogP contribution in [-0.2, 0) is 6.54 Å². The van der Waals surface area contributed by atoms with E-state index in [2.05, 4.69) is 4.98 Å². The van der Waals surface area contributed by atoms with Gasteiger partial charge in [-0.1, -0.05) is 13.8 Å².